The molecule has 26 heavy (non-hydrogen) atoms. The predicted octanol–water partition coefficient (Wildman–Crippen LogP) is 5.04. The maximum atomic E-state index is 12.6. The Hall–Kier alpha value is -1.46. The van der Waals surface area contributed by atoms with Crippen LogP contribution in [0.25, 0.3) is 0 Å². The largest absolute Gasteiger partial charge is 0.490 e. The van der Waals surface area contributed by atoms with Gasteiger partial charge in [-0.15, -0.1) is 12.4 Å². The third-order valence-corrected chi connectivity index (χ3v) is 4.97. The molecular weight excluding hydrogens is 395 g/mol. The van der Waals surface area contributed by atoms with Gasteiger partial charge in [0.05, 0.1) is 16.3 Å². The van der Waals surface area contributed by atoms with Gasteiger partial charge >= 0.3 is 0 Å². The molecule has 0 aromatic heterocycles. The average molecular weight is 416 g/mol. The second-order valence-electron chi connectivity index (χ2n) is 6.18. The highest BCUT2D eigenvalue weighted by molar-refractivity contribution is 6.42. The van der Waals surface area contributed by atoms with E-state index in [9.17, 15) is 4.79 Å². The monoisotopic (exact) mass is 414 g/mol. The fraction of sp³-hybridized carbons (Fsp3) is 0.316. The molecule has 1 fully saturated rings. The highest BCUT2D eigenvalue weighted by atomic mass is 35.5. The second kappa shape index (κ2) is 9.47. The van der Waals surface area contributed by atoms with Crippen molar-refractivity contribution >= 4 is 47.4 Å². The van der Waals surface area contributed by atoms with Gasteiger partial charge in [-0.1, -0.05) is 29.8 Å². The van der Waals surface area contributed by atoms with Gasteiger partial charge in [0.2, 0.25) is 0 Å². The van der Waals surface area contributed by atoms with Gasteiger partial charge in [-0.05, 0) is 44.2 Å². The minimum atomic E-state index is -0.372. The van der Waals surface area contributed by atoms with Gasteiger partial charge in [-0.25, -0.2) is 4.42 Å². The van der Waals surface area contributed by atoms with E-state index in [4.69, 9.17) is 28.1 Å². The number of hydrogen-bond acceptors (Lipinski definition) is 3. The Morgan fingerprint density at radius 3 is 2.54 bits per heavy atom. The van der Waals surface area contributed by atoms with E-state index in [-0.39, 0.29) is 24.4 Å². The molecule has 2 aromatic rings. The lowest BCUT2D eigenvalue weighted by atomic mass is 10.1. The van der Waals surface area contributed by atoms with E-state index in [0.717, 1.165) is 30.4 Å². The maximum Gasteiger partial charge on any atom is 0.274 e. The summed E-state index contributed by atoms with van der Waals surface area (Å²) >= 11 is 12.3. The van der Waals surface area contributed by atoms with Crippen molar-refractivity contribution in [1.29, 1.82) is 0 Å². The molecule has 0 radical (unpaired) electrons. The van der Waals surface area contributed by atoms with Gasteiger partial charge in [0.25, 0.3) is 5.91 Å². The minimum absolute atomic E-state index is 0. The van der Waals surface area contributed by atoms with Crippen molar-refractivity contribution in [1.82, 2.24) is 4.90 Å². The first-order valence-corrected chi connectivity index (χ1v) is 8.96. The first-order valence-electron chi connectivity index (χ1n) is 8.24. The van der Waals surface area contributed by atoms with Crippen LogP contribution in [0.4, 0.5) is 5.69 Å². The Balaban J connectivity index is 0.00000243. The van der Waals surface area contributed by atoms with Crippen LogP contribution in [0, 0.1) is 0 Å². The topological polar surface area (TPSA) is 32.8 Å². The number of carbonyl (C=O) groups excluding carboxylic acids is 1. The summed E-state index contributed by atoms with van der Waals surface area (Å²) in [4.78, 5) is 14.9. The molecule has 0 unspecified atom stereocenters. The minimum Gasteiger partial charge on any atom is -0.490 e. The summed E-state index contributed by atoms with van der Waals surface area (Å²) in [6, 6.07) is 14.1. The number of likely N-dealkylation sites (tertiary alicyclic amines) is 1. The van der Waals surface area contributed by atoms with Gasteiger partial charge in [0.1, 0.15) is 11.9 Å². The van der Waals surface area contributed by atoms with Gasteiger partial charge in [-0.3, -0.25) is 4.79 Å². The summed E-state index contributed by atoms with van der Waals surface area (Å²) in [6.45, 7) is 2.05. The molecule has 2 aromatic carbocycles. The standard InChI is InChI=1S/C19H20Cl2N2O2.ClH/c1-22-11-9-15(10-12-22)25-16-6-4-5-14(13-16)23(21)19(24)17-7-2-3-8-18(17)20;/h2-8,13,15H,9-12H2,1H3;1H. The highest BCUT2D eigenvalue weighted by Gasteiger charge is 2.21. The molecule has 0 N–H and O–H groups in total. The summed E-state index contributed by atoms with van der Waals surface area (Å²) in [5.74, 6) is 0.341. The first-order chi connectivity index (χ1) is 12.0. The summed E-state index contributed by atoms with van der Waals surface area (Å²) in [7, 11) is 2.11. The molecule has 140 valence electrons. The molecule has 1 aliphatic rings. The van der Waals surface area contributed by atoms with Crippen molar-refractivity contribution in [2.75, 3.05) is 24.6 Å². The Labute approximate surface area is 170 Å². The van der Waals surface area contributed by atoms with Crippen molar-refractivity contribution < 1.29 is 9.53 Å². The van der Waals surface area contributed by atoms with Crippen LogP contribution in [0.5, 0.6) is 5.75 Å². The number of benzene rings is 2. The lowest BCUT2D eigenvalue weighted by Gasteiger charge is -2.29. The summed E-state index contributed by atoms with van der Waals surface area (Å²) in [6.07, 6.45) is 2.17. The zero-order valence-electron chi connectivity index (χ0n) is 14.4. The fourth-order valence-corrected chi connectivity index (χ4v) is 3.24. The van der Waals surface area contributed by atoms with Crippen LogP contribution in [-0.4, -0.2) is 37.0 Å². The maximum absolute atomic E-state index is 12.6. The summed E-state index contributed by atoms with van der Waals surface area (Å²) in [5, 5.41) is 0.372. The molecule has 3 rings (SSSR count). The number of anilines is 1. The van der Waals surface area contributed by atoms with Crippen LogP contribution in [0.2, 0.25) is 5.02 Å². The molecule has 1 saturated heterocycles. The van der Waals surface area contributed by atoms with E-state index >= 15 is 0 Å². The van der Waals surface area contributed by atoms with E-state index in [1.807, 2.05) is 12.1 Å². The molecular formula is C19H21Cl3N2O2. The Kier molecular flexibility index (Phi) is 7.59. The number of hydrogen-bond donors (Lipinski definition) is 0. The number of carbonyl (C=O) groups is 1. The zero-order chi connectivity index (χ0) is 17.8. The van der Waals surface area contributed by atoms with Gasteiger partial charge in [0, 0.05) is 30.9 Å². The molecule has 4 nitrogen and oxygen atoms in total. The molecule has 0 atom stereocenters. The number of rotatable bonds is 4. The van der Waals surface area contributed by atoms with Crippen LogP contribution < -0.4 is 9.16 Å². The van der Waals surface area contributed by atoms with Gasteiger partial charge in [0.15, 0.2) is 0 Å². The van der Waals surface area contributed by atoms with Crippen LogP contribution in [0.15, 0.2) is 48.5 Å². The molecule has 1 amide bonds. The number of nitrogens with zero attached hydrogens (tertiary/aromatic N) is 2. The SMILES string of the molecule is CN1CCC(Oc2cccc(N(Cl)C(=O)c3ccccc3Cl)c2)CC1.Cl. The van der Waals surface area contributed by atoms with Crippen LogP contribution >= 0.6 is 35.8 Å². The number of piperidine rings is 1. The van der Waals surface area contributed by atoms with E-state index in [0.29, 0.717) is 22.0 Å². The van der Waals surface area contributed by atoms with Crippen molar-refractivity contribution in [2.24, 2.45) is 0 Å². The van der Waals surface area contributed by atoms with Crippen LogP contribution in [-0.2, 0) is 0 Å². The average Bonchev–Trinajstić information content (AvgIpc) is 2.63. The second-order valence-corrected chi connectivity index (χ2v) is 6.93. The van der Waals surface area contributed by atoms with Gasteiger partial charge < -0.3 is 9.64 Å². The van der Waals surface area contributed by atoms with E-state index in [2.05, 4.69) is 11.9 Å². The zero-order valence-corrected chi connectivity index (χ0v) is 16.7. The third kappa shape index (κ3) is 5.04. The molecule has 1 heterocycles. The quantitative estimate of drug-likeness (QED) is 0.656. The van der Waals surface area contributed by atoms with Crippen molar-refractivity contribution in [3.05, 3.63) is 59.1 Å². The van der Waals surface area contributed by atoms with Crippen molar-refractivity contribution in [3.63, 3.8) is 0 Å². The molecule has 0 bridgehead atoms. The molecule has 0 aliphatic carbocycles. The third-order valence-electron chi connectivity index (χ3n) is 4.30. The van der Waals surface area contributed by atoms with E-state index < -0.39 is 0 Å². The van der Waals surface area contributed by atoms with Crippen molar-refractivity contribution in [3.8, 4) is 5.75 Å². The fourth-order valence-electron chi connectivity index (χ4n) is 2.83. The summed E-state index contributed by atoms with van der Waals surface area (Å²) in [5.41, 5.74) is 0.915. The molecule has 7 heteroatoms. The lowest BCUT2D eigenvalue weighted by Crippen LogP contribution is -2.35. The molecule has 0 saturated carbocycles. The van der Waals surface area contributed by atoms with E-state index in [1.165, 1.54) is 0 Å². The summed E-state index contributed by atoms with van der Waals surface area (Å²) < 4.78 is 7.13. The smallest absolute Gasteiger partial charge is 0.274 e. The van der Waals surface area contributed by atoms with Crippen LogP contribution in [0.1, 0.15) is 23.2 Å². The Morgan fingerprint density at radius 2 is 1.85 bits per heavy atom. The predicted molar refractivity (Wildman–Crippen MR) is 109 cm³/mol. The van der Waals surface area contributed by atoms with Crippen molar-refractivity contribution in [2.45, 2.75) is 18.9 Å². The first kappa shape index (κ1) is 20.8. The normalized spacial score (nSPS) is 15.2. The van der Waals surface area contributed by atoms with Gasteiger partial charge in [-0.2, -0.15) is 0 Å². The Bertz CT molecular complexity index is 749. The molecule has 0 spiro atoms. The number of amides is 1. The number of ether oxygens (including phenoxy) is 1. The Morgan fingerprint density at radius 1 is 1.15 bits per heavy atom. The van der Waals surface area contributed by atoms with Crippen LogP contribution in [0.3, 0.4) is 0 Å². The molecule has 1 aliphatic heterocycles. The highest BCUT2D eigenvalue weighted by Crippen LogP contribution is 2.28. The van der Waals surface area contributed by atoms with E-state index in [1.54, 1.807) is 36.4 Å². The lowest BCUT2D eigenvalue weighted by molar-refractivity contribution is 0.101. The number of halogens is 3.